The zero-order valence-corrected chi connectivity index (χ0v) is 12.8. The Hall–Kier alpha value is -2.01. The minimum Gasteiger partial charge on any atom is -0.445 e. The molecule has 0 N–H and O–H groups in total. The number of ether oxygens (including phenoxy) is 2. The Morgan fingerprint density at radius 3 is 2.67 bits per heavy atom. The molecule has 112 valence electrons. The van der Waals surface area contributed by atoms with Gasteiger partial charge in [-0.3, -0.25) is 4.79 Å². The summed E-state index contributed by atoms with van der Waals surface area (Å²) in [6.45, 7) is 3.58. The van der Waals surface area contributed by atoms with Gasteiger partial charge in [0.05, 0.1) is 6.08 Å². The molecule has 6 heteroatoms. The lowest BCUT2D eigenvalue weighted by atomic mass is 10.2. The number of likely N-dealkylation sites (N-methyl/N-ethyl adjacent to an activating group) is 1. The van der Waals surface area contributed by atoms with Crippen molar-refractivity contribution in [3.63, 3.8) is 0 Å². The highest BCUT2D eigenvalue weighted by molar-refractivity contribution is 6.30. The van der Waals surface area contributed by atoms with Gasteiger partial charge >= 0.3 is 5.97 Å². The van der Waals surface area contributed by atoms with E-state index in [2.05, 4.69) is 0 Å². The minimum atomic E-state index is -1.03. The molecular formula is C15H16ClNO4. The van der Waals surface area contributed by atoms with Crippen molar-refractivity contribution >= 4 is 23.5 Å². The third-order valence-electron chi connectivity index (χ3n) is 2.83. The molecular weight excluding hydrogens is 294 g/mol. The number of rotatable bonds is 3. The molecule has 0 aliphatic carbocycles. The molecule has 1 saturated heterocycles. The van der Waals surface area contributed by atoms with Crippen molar-refractivity contribution in [2.24, 2.45) is 0 Å². The number of cyclic esters (lactones) is 1. The summed E-state index contributed by atoms with van der Waals surface area (Å²) in [4.78, 5) is 25.1. The van der Waals surface area contributed by atoms with Crippen LogP contribution in [0.4, 0.5) is 0 Å². The first-order valence-corrected chi connectivity index (χ1v) is 6.78. The molecule has 1 amide bonds. The first-order chi connectivity index (χ1) is 9.77. The number of hydrogen-bond acceptors (Lipinski definition) is 4. The highest BCUT2D eigenvalue weighted by Crippen LogP contribution is 2.26. The van der Waals surface area contributed by atoms with E-state index in [1.807, 2.05) is 12.1 Å². The number of esters is 1. The second-order valence-corrected chi connectivity index (χ2v) is 5.66. The zero-order valence-electron chi connectivity index (χ0n) is 12.1. The Kier molecular flexibility index (Phi) is 4.23. The van der Waals surface area contributed by atoms with Gasteiger partial charge in [-0.05, 0) is 17.7 Å². The smallest absolute Gasteiger partial charge is 0.377 e. The molecule has 0 saturated carbocycles. The molecule has 0 radical (unpaired) electrons. The third-order valence-corrected chi connectivity index (χ3v) is 3.07. The standard InChI is InChI=1S/C15H16ClNO4/c1-15(2)20-12(14(19)21-15)8-13(18)17(3)9-10-5-4-6-11(16)7-10/h4-8H,9H2,1-3H3/b12-8-. The SMILES string of the molecule is CN(Cc1cccc(Cl)c1)C(=O)/C=C1\OC(C)(C)OC1=O. The normalized spacial score (nSPS) is 18.3. The lowest BCUT2D eigenvalue weighted by Gasteiger charge is -2.16. The van der Waals surface area contributed by atoms with E-state index in [-0.39, 0.29) is 11.7 Å². The lowest BCUT2D eigenvalue weighted by molar-refractivity contribution is -0.159. The Labute approximate surface area is 128 Å². The fraction of sp³-hybridized carbons (Fsp3) is 0.333. The zero-order chi connectivity index (χ0) is 15.6. The molecule has 5 nitrogen and oxygen atoms in total. The predicted molar refractivity (Wildman–Crippen MR) is 77.3 cm³/mol. The molecule has 21 heavy (non-hydrogen) atoms. The van der Waals surface area contributed by atoms with Crippen molar-refractivity contribution in [2.75, 3.05) is 7.05 Å². The Bertz CT molecular complexity index is 609. The quantitative estimate of drug-likeness (QED) is 0.636. The maximum Gasteiger partial charge on any atom is 0.377 e. The Morgan fingerprint density at radius 1 is 1.38 bits per heavy atom. The van der Waals surface area contributed by atoms with E-state index < -0.39 is 11.8 Å². The van der Waals surface area contributed by atoms with Gasteiger partial charge in [0, 0.05) is 32.5 Å². The Balaban J connectivity index is 2.05. The van der Waals surface area contributed by atoms with E-state index in [0.717, 1.165) is 11.6 Å². The summed E-state index contributed by atoms with van der Waals surface area (Å²) in [5.41, 5.74) is 0.895. The Morgan fingerprint density at radius 2 is 2.10 bits per heavy atom. The first kappa shape index (κ1) is 15.4. The summed E-state index contributed by atoms with van der Waals surface area (Å²) in [5, 5.41) is 0.608. The van der Waals surface area contributed by atoms with Gasteiger partial charge in [0.15, 0.2) is 0 Å². The topological polar surface area (TPSA) is 55.8 Å². The van der Waals surface area contributed by atoms with Crippen molar-refractivity contribution in [3.8, 4) is 0 Å². The van der Waals surface area contributed by atoms with Crippen molar-refractivity contribution in [1.82, 2.24) is 4.90 Å². The van der Waals surface area contributed by atoms with Crippen LogP contribution in [0.2, 0.25) is 5.02 Å². The second-order valence-electron chi connectivity index (χ2n) is 5.22. The number of carbonyl (C=O) groups excluding carboxylic acids is 2. The van der Waals surface area contributed by atoms with E-state index >= 15 is 0 Å². The van der Waals surface area contributed by atoms with Crippen LogP contribution in [0.3, 0.4) is 0 Å². The summed E-state index contributed by atoms with van der Waals surface area (Å²) in [5.74, 6) is -2.10. The van der Waals surface area contributed by atoms with Gasteiger partial charge in [0.1, 0.15) is 0 Å². The van der Waals surface area contributed by atoms with E-state index in [1.54, 1.807) is 33.0 Å². The van der Waals surface area contributed by atoms with Crippen LogP contribution in [0.5, 0.6) is 0 Å². The maximum atomic E-state index is 12.1. The van der Waals surface area contributed by atoms with Crippen LogP contribution in [0.15, 0.2) is 36.1 Å². The average molecular weight is 310 g/mol. The van der Waals surface area contributed by atoms with Gasteiger partial charge in [-0.25, -0.2) is 4.79 Å². The van der Waals surface area contributed by atoms with Crippen molar-refractivity contribution in [3.05, 3.63) is 46.7 Å². The highest BCUT2D eigenvalue weighted by Gasteiger charge is 2.37. The summed E-state index contributed by atoms with van der Waals surface area (Å²) >= 11 is 5.90. The van der Waals surface area contributed by atoms with Gasteiger partial charge in [-0.1, -0.05) is 23.7 Å². The second kappa shape index (κ2) is 5.77. The molecule has 1 aliphatic rings. The van der Waals surface area contributed by atoms with Crippen LogP contribution in [0.1, 0.15) is 19.4 Å². The van der Waals surface area contributed by atoms with E-state index in [4.69, 9.17) is 21.1 Å². The van der Waals surface area contributed by atoms with Crippen molar-refractivity contribution < 1.29 is 19.1 Å². The van der Waals surface area contributed by atoms with E-state index in [1.165, 1.54) is 4.90 Å². The van der Waals surface area contributed by atoms with Crippen LogP contribution >= 0.6 is 11.6 Å². The average Bonchev–Trinajstić information content (AvgIpc) is 2.62. The highest BCUT2D eigenvalue weighted by atomic mass is 35.5. The largest absolute Gasteiger partial charge is 0.445 e. The number of amides is 1. The van der Waals surface area contributed by atoms with Crippen LogP contribution in [-0.4, -0.2) is 29.6 Å². The van der Waals surface area contributed by atoms with Gasteiger partial charge in [-0.15, -0.1) is 0 Å². The number of hydrogen-bond donors (Lipinski definition) is 0. The molecule has 0 atom stereocenters. The third kappa shape index (κ3) is 3.98. The molecule has 0 bridgehead atoms. The molecule has 0 aromatic heterocycles. The fourth-order valence-corrected chi connectivity index (χ4v) is 2.11. The number of nitrogens with zero attached hydrogens (tertiary/aromatic N) is 1. The van der Waals surface area contributed by atoms with Crippen LogP contribution in [0.25, 0.3) is 0 Å². The van der Waals surface area contributed by atoms with Gasteiger partial charge in [0.25, 0.3) is 5.91 Å². The fourth-order valence-electron chi connectivity index (χ4n) is 1.90. The molecule has 1 aliphatic heterocycles. The maximum absolute atomic E-state index is 12.1. The lowest BCUT2D eigenvalue weighted by Crippen LogP contribution is -2.25. The van der Waals surface area contributed by atoms with Gasteiger partial charge in [-0.2, -0.15) is 0 Å². The predicted octanol–water partition coefficient (Wildman–Crippen LogP) is 2.49. The molecule has 1 heterocycles. The summed E-state index contributed by atoms with van der Waals surface area (Å²) in [6.07, 6.45) is 1.14. The molecule has 1 aromatic carbocycles. The van der Waals surface area contributed by atoms with Crippen LogP contribution in [0, 0.1) is 0 Å². The van der Waals surface area contributed by atoms with Crippen molar-refractivity contribution in [1.29, 1.82) is 0 Å². The molecule has 0 unspecified atom stereocenters. The summed E-state index contributed by atoms with van der Waals surface area (Å²) < 4.78 is 10.2. The monoisotopic (exact) mass is 309 g/mol. The molecule has 2 rings (SSSR count). The van der Waals surface area contributed by atoms with Crippen LogP contribution in [-0.2, 0) is 25.6 Å². The number of halogens is 1. The molecule has 1 fully saturated rings. The van der Waals surface area contributed by atoms with E-state index in [9.17, 15) is 9.59 Å². The molecule has 0 spiro atoms. The summed E-state index contributed by atoms with van der Waals surface area (Å²) in [6, 6.07) is 7.22. The molecule has 1 aromatic rings. The summed E-state index contributed by atoms with van der Waals surface area (Å²) in [7, 11) is 1.63. The van der Waals surface area contributed by atoms with Gasteiger partial charge in [0.2, 0.25) is 11.5 Å². The van der Waals surface area contributed by atoms with Crippen LogP contribution < -0.4 is 0 Å². The minimum absolute atomic E-state index is 0.0806. The number of carbonyl (C=O) groups is 2. The van der Waals surface area contributed by atoms with E-state index in [0.29, 0.717) is 11.6 Å². The first-order valence-electron chi connectivity index (χ1n) is 6.40. The number of benzene rings is 1. The van der Waals surface area contributed by atoms with Crippen molar-refractivity contribution in [2.45, 2.75) is 26.2 Å². The van der Waals surface area contributed by atoms with Gasteiger partial charge < -0.3 is 14.4 Å².